The number of amides is 1. The van der Waals surface area contributed by atoms with E-state index in [1.807, 2.05) is 25.7 Å². The molecular formula is C11H20N2O2S. The first-order chi connectivity index (χ1) is 7.45. The maximum absolute atomic E-state index is 12.2. The number of ether oxygens (including phenoxy) is 1. The normalized spacial score (nSPS) is 27.6. The molecule has 1 fully saturated rings. The van der Waals surface area contributed by atoms with Gasteiger partial charge in [0.25, 0.3) is 0 Å². The number of morpholine rings is 1. The third-order valence-electron chi connectivity index (χ3n) is 2.78. The first kappa shape index (κ1) is 13.4. The summed E-state index contributed by atoms with van der Waals surface area (Å²) in [6.07, 6.45) is 0.821. The number of carbonyl (C=O) groups is 1. The van der Waals surface area contributed by atoms with E-state index < -0.39 is 0 Å². The summed E-state index contributed by atoms with van der Waals surface area (Å²) in [6.45, 7) is 7.12. The highest BCUT2D eigenvalue weighted by Gasteiger charge is 2.30. The van der Waals surface area contributed by atoms with Gasteiger partial charge in [-0.15, -0.1) is 0 Å². The molecule has 0 aromatic carbocycles. The van der Waals surface area contributed by atoms with Crippen LogP contribution in [0.3, 0.4) is 0 Å². The van der Waals surface area contributed by atoms with E-state index in [9.17, 15) is 4.79 Å². The minimum atomic E-state index is -0.326. The molecule has 0 aliphatic carbocycles. The number of thiocarbonyl (C=S) groups is 1. The lowest BCUT2D eigenvalue weighted by molar-refractivity contribution is -0.145. The molecule has 3 atom stereocenters. The van der Waals surface area contributed by atoms with Gasteiger partial charge in [-0.25, -0.2) is 0 Å². The molecule has 1 aliphatic rings. The van der Waals surface area contributed by atoms with Crippen molar-refractivity contribution < 1.29 is 9.53 Å². The average molecular weight is 244 g/mol. The molecule has 16 heavy (non-hydrogen) atoms. The SMILES string of the molecule is CCC(C(=O)N1C[C@@H](C)O[C@@H](C)C1)C(N)=S. The van der Waals surface area contributed by atoms with Crippen LogP contribution in [0.1, 0.15) is 27.2 Å². The van der Waals surface area contributed by atoms with Crippen LogP contribution in [0, 0.1) is 5.92 Å². The summed E-state index contributed by atoms with van der Waals surface area (Å²) in [4.78, 5) is 14.3. The average Bonchev–Trinajstić information content (AvgIpc) is 2.16. The summed E-state index contributed by atoms with van der Waals surface area (Å²) in [5, 5.41) is 0. The second-order valence-corrected chi connectivity index (χ2v) is 4.84. The molecule has 92 valence electrons. The van der Waals surface area contributed by atoms with Crippen molar-refractivity contribution >= 4 is 23.1 Å². The number of nitrogens with two attached hydrogens (primary N) is 1. The van der Waals surface area contributed by atoms with E-state index in [4.69, 9.17) is 22.7 Å². The van der Waals surface area contributed by atoms with Crippen molar-refractivity contribution in [2.75, 3.05) is 13.1 Å². The number of hydrogen-bond donors (Lipinski definition) is 1. The fraction of sp³-hybridized carbons (Fsp3) is 0.818. The molecule has 1 saturated heterocycles. The predicted molar refractivity (Wildman–Crippen MR) is 67.2 cm³/mol. The maximum Gasteiger partial charge on any atom is 0.232 e. The van der Waals surface area contributed by atoms with Gasteiger partial charge in [-0.05, 0) is 20.3 Å². The zero-order valence-corrected chi connectivity index (χ0v) is 10.9. The van der Waals surface area contributed by atoms with Gasteiger partial charge in [0, 0.05) is 13.1 Å². The zero-order chi connectivity index (χ0) is 12.3. The van der Waals surface area contributed by atoms with Crippen LogP contribution in [-0.4, -0.2) is 41.1 Å². The van der Waals surface area contributed by atoms with Crippen LogP contribution in [0.4, 0.5) is 0 Å². The highest BCUT2D eigenvalue weighted by atomic mass is 32.1. The summed E-state index contributed by atoms with van der Waals surface area (Å²) >= 11 is 4.92. The Morgan fingerprint density at radius 2 is 2.00 bits per heavy atom. The second kappa shape index (κ2) is 5.59. The zero-order valence-electron chi connectivity index (χ0n) is 10.1. The van der Waals surface area contributed by atoms with Crippen molar-refractivity contribution in [1.29, 1.82) is 0 Å². The summed E-state index contributed by atoms with van der Waals surface area (Å²) < 4.78 is 5.58. The molecule has 1 heterocycles. The van der Waals surface area contributed by atoms with Crippen LogP contribution in [0.15, 0.2) is 0 Å². The maximum atomic E-state index is 12.2. The molecule has 1 aliphatic heterocycles. The highest BCUT2D eigenvalue weighted by molar-refractivity contribution is 7.80. The Bertz CT molecular complexity index is 273. The Balaban J connectivity index is 2.68. The van der Waals surface area contributed by atoms with Crippen LogP contribution in [0.2, 0.25) is 0 Å². The van der Waals surface area contributed by atoms with E-state index in [0.717, 1.165) is 0 Å². The molecule has 1 rings (SSSR count). The topological polar surface area (TPSA) is 55.6 Å². The molecule has 0 spiro atoms. The van der Waals surface area contributed by atoms with Crippen LogP contribution < -0.4 is 5.73 Å². The monoisotopic (exact) mass is 244 g/mol. The number of nitrogens with zero attached hydrogens (tertiary/aromatic N) is 1. The van der Waals surface area contributed by atoms with Gasteiger partial charge in [-0.3, -0.25) is 4.79 Å². The molecule has 1 unspecified atom stereocenters. The summed E-state index contributed by atoms with van der Waals surface area (Å²) in [6, 6.07) is 0. The summed E-state index contributed by atoms with van der Waals surface area (Å²) in [5.41, 5.74) is 5.58. The van der Waals surface area contributed by atoms with Gasteiger partial charge in [-0.2, -0.15) is 0 Å². The largest absolute Gasteiger partial charge is 0.393 e. The fourth-order valence-electron chi connectivity index (χ4n) is 2.08. The van der Waals surface area contributed by atoms with E-state index in [2.05, 4.69) is 0 Å². The third-order valence-corrected chi connectivity index (χ3v) is 3.07. The first-order valence-corrected chi connectivity index (χ1v) is 6.10. The number of rotatable bonds is 3. The lowest BCUT2D eigenvalue weighted by Crippen LogP contribution is -2.51. The Morgan fingerprint density at radius 1 is 1.50 bits per heavy atom. The van der Waals surface area contributed by atoms with Crippen molar-refractivity contribution in [3.8, 4) is 0 Å². The Morgan fingerprint density at radius 3 is 2.38 bits per heavy atom. The van der Waals surface area contributed by atoms with E-state index in [1.165, 1.54) is 0 Å². The molecule has 2 N–H and O–H groups in total. The predicted octanol–water partition coefficient (Wildman–Crippen LogP) is 0.935. The van der Waals surface area contributed by atoms with Gasteiger partial charge in [0.05, 0.1) is 23.1 Å². The highest BCUT2D eigenvalue weighted by Crippen LogP contribution is 2.15. The molecule has 0 saturated carbocycles. The van der Waals surface area contributed by atoms with E-state index >= 15 is 0 Å². The van der Waals surface area contributed by atoms with E-state index in [-0.39, 0.29) is 24.0 Å². The summed E-state index contributed by atoms with van der Waals surface area (Å²) in [7, 11) is 0. The van der Waals surface area contributed by atoms with Gasteiger partial charge in [0.15, 0.2) is 0 Å². The Hall–Kier alpha value is -0.680. The van der Waals surface area contributed by atoms with Crippen molar-refractivity contribution in [2.45, 2.75) is 39.4 Å². The second-order valence-electron chi connectivity index (χ2n) is 4.36. The quantitative estimate of drug-likeness (QED) is 0.751. The van der Waals surface area contributed by atoms with Crippen LogP contribution in [0.5, 0.6) is 0 Å². The summed E-state index contributed by atoms with van der Waals surface area (Å²) in [5.74, 6) is -0.288. The molecule has 5 heteroatoms. The lowest BCUT2D eigenvalue weighted by Gasteiger charge is -2.36. The minimum Gasteiger partial charge on any atom is -0.393 e. The lowest BCUT2D eigenvalue weighted by atomic mass is 10.0. The van der Waals surface area contributed by atoms with Crippen molar-refractivity contribution in [3.63, 3.8) is 0 Å². The van der Waals surface area contributed by atoms with Crippen LogP contribution in [-0.2, 0) is 9.53 Å². The van der Waals surface area contributed by atoms with Crippen LogP contribution in [0.25, 0.3) is 0 Å². The van der Waals surface area contributed by atoms with Gasteiger partial charge < -0.3 is 15.4 Å². The van der Waals surface area contributed by atoms with Crippen molar-refractivity contribution in [2.24, 2.45) is 11.7 Å². The number of carbonyl (C=O) groups excluding carboxylic acids is 1. The number of hydrogen-bond acceptors (Lipinski definition) is 3. The Labute approximate surface area is 102 Å². The molecule has 0 aromatic rings. The van der Waals surface area contributed by atoms with Crippen molar-refractivity contribution in [1.82, 2.24) is 4.90 Å². The van der Waals surface area contributed by atoms with Gasteiger partial charge in [0.2, 0.25) is 5.91 Å². The third kappa shape index (κ3) is 3.15. The molecule has 1 amide bonds. The standard InChI is InChI=1S/C11H20N2O2S/c1-4-9(10(12)16)11(14)13-5-7(2)15-8(3)6-13/h7-9H,4-6H2,1-3H3,(H2,12,16)/t7-,8+,9?. The smallest absolute Gasteiger partial charge is 0.232 e. The molecule has 0 aromatic heterocycles. The van der Waals surface area contributed by atoms with E-state index in [1.54, 1.807) is 0 Å². The van der Waals surface area contributed by atoms with Crippen LogP contribution >= 0.6 is 12.2 Å². The molecule has 0 radical (unpaired) electrons. The Kier molecular flexibility index (Phi) is 4.68. The van der Waals surface area contributed by atoms with Crippen molar-refractivity contribution in [3.05, 3.63) is 0 Å². The van der Waals surface area contributed by atoms with Gasteiger partial charge in [0.1, 0.15) is 0 Å². The first-order valence-electron chi connectivity index (χ1n) is 5.69. The van der Waals surface area contributed by atoms with E-state index in [0.29, 0.717) is 24.5 Å². The fourth-order valence-corrected chi connectivity index (χ4v) is 2.34. The van der Waals surface area contributed by atoms with Gasteiger partial charge >= 0.3 is 0 Å². The molecular weight excluding hydrogens is 224 g/mol. The van der Waals surface area contributed by atoms with Gasteiger partial charge in [-0.1, -0.05) is 19.1 Å². The molecule has 4 nitrogen and oxygen atoms in total. The molecule has 0 bridgehead atoms. The minimum absolute atomic E-state index is 0.0389.